The number of sulfone groups is 1. The van der Waals surface area contributed by atoms with Crippen LogP contribution in [-0.4, -0.2) is 53.1 Å². The van der Waals surface area contributed by atoms with Crippen molar-refractivity contribution in [1.82, 2.24) is 14.7 Å². The predicted octanol–water partition coefficient (Wildman–Crippen LogP) is 2.31. The van der Waals surface area contributed by atoms with Crippen LogP contribution in [0.1, 0.15) is 25.3 Å². The molecule has 1 aromatic carbocycles. The van der Waals surface area contributed by atoms with Crippen molar-refractivity contribution in [2.45, 2.75) is 25.8 Å². The molecule has 0 saturated carbocycles. The van der Waals surface area contributed by atoms with E-state index in [0.29, 0.717) is 13.0 Å². The van der Waals surface area contributed by atoms with Crippen LogP contribution in [0, 0.1) is 0 Å². The molecule has 26 heavy (non-hydrogen) atoms. The van der Waals surface area contributed by atoms with Gasteiger partial charge in [0.05, 0.1) is 23.4 Å². The smallest absolute Gasteiger partial charge is 0.246 e. The number of hydrogen-bond acceptors (Lipinski definition) is 4. The lowest BCUT2D eigenvalue weighted by atomic mass is 10.2. The Hall–Kier alpha value is -2.41. The fraction of sp³-hybridized carbons (Fsp3) is 0.368. The molecule has 1 atom stereocenters. The van der Waals surface area contributed by atoms with E-state index in [1.807, 2.05) is 43.5 Å². The van der Waals surface area contributed by atoms with Crippen LogP contribution in [-0.2, 0) is 14.6 Å². The molecule has 1 fully saturated rings. The van der Waals surface area contributed by atoms with Crippen LogP contribution < -0.4 is 0 Å². The maximum Gasteiger partial charge on any atom is 0.246 e. The van der Waals surface area contributed by atoms with Gasteiger partial charge >= 0.3 is 0 Å². The minimum Gasteiger partial charge on any atom is -0.335 e. The Morgan fingerprint density at radius 2 is 2.12 bits per heavy atom. The zero-order valence-corrected chi connectivity index (χ0v) is 15.6. The van der Waals surface area contributed by atoms with E-state index in [1.54, 1.807) is 21.9 Å². The van der Waals surface area contributed by atoms with E-state index >= 15 is 0 Å². The van der Waals surface area contributed by atoms with Crippen molar-refractivity contribution in [3.63, 3.8) is 0 Å². The lowest BCUT2D eigenvalue weighted by Gasteiger charge is -2.26. The molecule has 2 heterocycles. The third-order valence-corrected chi connectivity index (χ3v) is 6.19. The van der Waals surface area contributed by atoms with Crippen LogP contribution >= 0.6 is 0 Å². The highest BCUT2D eigenvalue weighted by atomic mass is 32.2. The van der Waals surface area contributed by atoms with Gasteiger partial charge in [-0.3, -0.25) is 4.79 Å². The van der Waals surface area contributed by atoms with Crippen molar-refractivity contribution in [2.24, 2.45) is 0 Å². The second-order valence-corrected chi connectivity index (χ2v) is 8.70. The summed E-state index contributed by atoms with van der Waals surface area (Å²) in [6, 6.07) is 9.51. The molecule has 1 amide bonds. The molecule has 0 spiro atoms. The average molecular weight is 373 g/mol. The van der Waals surface area contributed by atoms with Gasteiger partial charge in [0.15, 0.2) is 9.84 Å². The van der Waals surface area contributed by atoms with Gasteiger partial charge in [-0.15, -0.1) is 0 Å². The molecule has 1 aliphatic heterocycles. The van der Waals surface area contributed by atoms with E-state index in [2.05, 4.69) is 5.10 Å². The van der Waals surface area contributed by atoms with Crippen LogP contribution in [0.3, 0.4) is 0 Å². The molecule has 138 valence electrons. The van der Waals surface area contributed by atoms with Gasteiger partial charge in [-0.05, 0) is 31.1 Å². The molecular formula is C19H23N3O3S. The van der Waals surface area contributed by atoms with Gasteiger partial charge in [-0.2, -0.15) is 5.10 Å². The number of para-hydroxylation sites is 1. The number of aromatic nitrogens is 2. The van der Waals surface area contributed by atoms with E-state index in [0.717, 1.165) is 17.7 Å². The highest BCUT2D eigenvalue weighted by Crippen LogP contribution is 2.19. The fourth-order valence-electron chi connectivity index (χ4n) is 3.14. The van der Waals surface area contributed by atoms with Gasteiger partial charge in [0.1, 0.15) is 0 Å². The number of hydrogen-bond donors (Lipinski definition) is 0. The lowest BCUT2D eigenvalue weighted by Crippen LogP contribution is -2.40. The molecule has 1 aromatic heterocycles. The lowest BCUT2D eigenvalue weighted by molar-refractivity contribution is -0.127. The Morgan fingerprint density at radius 1 is 1.35 bits per heavy atom. The normalized spacial score (nSPS) is 19.0. The molecule has 1 unspecified atom stereocenters. The summed E-state index contributed by atoms with van der Waals surface area (Å²) in [5.74, 6) is 0.0819. The fourth-order valence-corrected chi connectivity index (χ4v) is 4.87. The van der Waals surface area contributed by atoms with Crippen molar-refractivity contribution in [2.75, 3.05) is 18.1 Å². The first-order valence-corrected chi connectivity index (χ1v) is 10.6. The monoisotopic (exact) mass is 373 g/mol. The van der Waals surface area contributed by atoms with E-state index < -0.39 is 9.84 Å². The third-order valence-electron chi connectivity index (χ3n) is 4.44. The first kappa shape index (κ1) is 18.4. The average Bonchev–Trinajstić information content (AvgIpc) is 3.24. The molecule has 3 rings (SSSR count). The van der Waals surface area contributed by atoms with Crippen molar-refractivity contribution < 1.29 is 13.2 Å². The first-order valence-electron chi connectivity index (χ1n) is 8.78. The molecule has 6 nitrogen and oxygen atoms in total. The van der Waals surface area contributed by atoms with Crippen molar-refractivity contribution in [3.8, 4) is 5.69 Å². The summed E-state index contributed by atoms with van der Waals surface area (Å²) >= 11 is 0. The maximum absolute atomic E-state index is 12.6. The number of benzene rings is 1. The Morgan fingerprint density at radius 3 is 2.77 bits per heavy atom. The van der Waals surface area contributed by atoms with Crippen LogP contribution in [0.4, 0.5) is 0 Å². The maximum atomic E-state index is 12.6. The molecule has 1 aliphatic rings. The standard InChI is InChI=1S/C19H23N3O3S/c1-2-11-21(18-10-12-26(24,25)15-18)19(23)9-8-16-13-20-22(14-16)17-6-4-3-5-7-17/h3-9,13-14,18H,2,10-12,15H2,1H3/b9-8+. The van der Waals surface area contributed by atoms with Gasteiger partial charge in [0.25, 0.3) is 0 Å². The van der Waals surface area contributed by atoms with Crippen molar-refractivity contribution in [1.29, 1.82) is 0 Å². The molecular weight excluding hydrogens is 350 g/mol. The molecule has 1 saturated heterocycles. The molecule has 7 heteroatoms. The van der Waals surface area contributed by atoms with E-state index in [9.17, 15) is 13.2 Å². The second-order valence-electron chi connectivity index (χ2n) is 6.48. The number of rotatable bonds is 6. The van der Waals surface area contributed by atoms with Crippen molar-refractivity contribution >= 4 is 21.8 Å². The van der Waals surface area contributed by atoms with Crippen LogP contribution in [0.5, 0.6) is 0 Å². The third kappa shape index (κ3) is 4.40. The Kier molecular flexibility index (Phi) is 5.56. The summed E-state index contributed by atoms with van der Waals surface area (Å²) in [5, 5.41) is 4.30. The van der Waals surface area contributed by atoms with Crippen molar-refractivity contribution in [3.05, 3.63) is 54.4 Å². The van der Waals surface area contributed by atoms with Crippen LogP contribution in [0.2, 0.25) is 0 Å². The number of nitrogens with zero attached hydrogens (tertiary/aromatic N) is 3. The highest BCUT2D eigenvalue weighted by Gasteiger charge is 2.33. The summed E-state index contributed by atoms with van der Waals surface area (Å²) < 4.78 is 25.2. The molecule has 0 N–H and O–H groups in total. The summed E-state index contributed by atoms with van der Waals surface area (Å²) in [7, 11) is -3.02. The molecule has 2 aromatic rings. The van der Waals surface area contributed by atoms with Gasteiger partial charge in [-0.25, -0.2) is 13.1 Å². The second kappa shape index (κ2) is 7.86. The molecule has 0 radical (unpaired) electrons. The van der Waals surface area contributed by atoms with Gasteiger partial charge < -0.3 is 4.90 Å². The summed E-state index contributed by atoms with van der Waals surface area (Å²) in [4.78, 5) is 14.3. The van der Waals surface area contributed by atoms with Crippen LogP contribution in [0.25, 0.3) is 11.8 Å². The number of amides is 1. The summed E-state index contributed by atoms with van der Waals surface area (Å²) in [6.45, 7) is 2.55. The van der Waals surface area contributed by atoms with Gasteiger partial charge in [0, 0.05) is 30.4 Å². The number of carbonyl (C=O) groups is 1. The minimum absolute atomic E-state index is 0.0680. The van der Waals surface area contributed by atoms with E-state index in [-0.39, 0.29) is 23.5 Å². The summed E-state index contributed by atoms with van der Waals surface area (Å²) in [5.41, 5.74) is 1.76. The van der Waals surface area contributed by atoms with E-state index in [1.165, 1.54) is 6.08 Å². The SMILES string of the molecule is CCCN(C(=O)/C=C/c1cnn(-c2ccccc2)c1)C1CCS(=O)(=O)C1. The Balaban J connectivity index is 1.70. The van der Waals surface area contributed by atoms with Gasteiger partial charge in [-0.1, -0.05) is 25.1 Å². The first-order chi connectivity index (χ1) is 12.5. The minimum atomic E-state index is -3.02. The topological polar surface area (TPSA) is 72.3 Å². The largest absolute Gasteiger partial charge is 0.335 e. The number of carbonyl (C=O) groups excluding carboxylic acids is 1. The highest BCUT2D eigenvalue weighted by molar-refractivity contribution is 7.91. The van der Waals surface area contributed by atoms with Crippen LogP contribution in [0.15, 0.2) is 48.8 Å². The zero-order chi connectivity index (χ0) is 18.6. The molecule has 0 bridgehead atoms. The van der Waals surface area contributed by atoms with E-state index in [4.69, 9.17) is 0 Å². The quantitative estimate of drug-likeness (QED) is 0.729. The summed E-state index contributed by atoms with van der Waals surface area (Å²) in [6.07, 6.45) is 8.09. The Bertz CT molecular complexity index is 888. The zero-order valence-electron chi connectivity index (χ0n) is 14.8. The Labute approximate surface area is 154 Å². The van der Waals surface area contributed by atoms with Gasteiger partial charge in [0.2, 0.25) is 5.91 Å². The predicted molar refractivity (Wildman–Crippen MR) is 102 cm³/mol. The molecule has 0 aliphatic carbocycles.